The van der Waals surface area contributed by atoms with Crippen LogP contribution in [0.15, 0.2) is 56.6 Å². The van der Waals surface area contributed by atoms with Gasteiger partial charge in [0, 0.05) is 37.7 Å². The van der Waals surface area contributed by atoms with Crippen LogP contribution in [-0.4, -0.2) is 54.9 Å². The van der Waals surface area contributed by atoms with Crippen molar-refractivity contribution in [2.45, 2.75) is 17.9 Å². The van der Waals surface area contributed by atoms with Gasteiger partial charge in [0.05, 0.1) is 10.5 Å². The lowest BCUT2D eigenvalue weighted by molar-refractivity contribution is 0.184. The number of nitrogens with zero attached hydrogens (tertiary/aromatic N) is 3. The molecule has 0 unspecified atom stereocenters. The smallest absolute Gasteiger partial charge is 0.408 e. The number of hydrogen-bond acceptors (Lipinski definition) is 5. The van der Waals surface area contributed by atoms with Crippen LogP contribution >= 0.6 is 23.2 Å². The van der Waals surface area contributed by atoms with Gasteiger partial charge in [-0.1, -0.05) is 35.3 Å². The lowest BCUT2D eigenvalue weighted by Gasteiger charge is -2.34. The molecule has 0 N–H and O–H groups in total. The van der Waals surface area contributed by atoms with Crippen LogP contribution in [0.25, 0.3) is 11.1 Å². The quantitative estimate of drug-likeness (QED) is 0.553. The summed E-state index contributed by atoms with van der Waals surface area (Å²) in [5.74, 6) is -0.356. The van der Waals surface area contributed by atoms with Crippen molar-refractivity contribution in [3.8, 4) is 0 Å². The molecule has 30 heavy (non-hydrogen) atoms. The maximum atomic E-state index is 12.9. The van der Waals surface area contributed by atoms with Crippen LogP contribution < -0.4 is 5.76 Å². The Morgan fingerprint density at radius 2 is 1.70 bits per heavy atom. The van der Waals surface area contributed by atoms with Crippen LogP contribution in [0.3, 0.4) is 0 Å². The molecule has 0 radical (unpaired) electrons. The number of piperazine rings is 1. The number of hydrogen-bond donors (Lipinski definition) is 0. The van der Waals surface area contributed by atoms with Gasteiger partial charge in [-0.25, -0.2) is 13.2 Å². The molecular weight excluding hydrogens is 449 g/mol. The van der Waals surface area contributed by atoms with Crippen molar-refractivity contribution >= 4 is 44.3 Å². The summed E-state index contributed by atoms with van der Waals surface area (Å²) in [6, 6.07) is 11.8. The molecule has 160 valence electrons. The largest absolute Gasteiger partial charge is 0.419 e. The molecule has 1 fully saturated rings. The van der Waals surface area contributed by atoms with Crippen molar-refractivity contribution < 1.29 is 12.8 Å². The minimum atomic E-state index is -3.69. The van der Waals surface area contributed by atoms with Crippen molar-refractivity contribution in [3.05, 3.63) is 63.1 Å². The lowest BCUT2D eigenvalue weighted by atomic mass is 10.3. The summed E-state index contributed by atoms with van der Waals surface area (Å²) in [7, 11) is -3.69. The number of para-hydroxylation sites is 2. The van der Waals surface area contributed by atoms with Gasteiger partial charge in [0.2, 0.25) is 10.0 Å². The van der Waals surface area contributed by atoms with E-state index in [4.69, 9.17) is 27.6 Å². The summed E-state index contributed by atoms with van der Waals surface area (Å²) >= 11 is 12.0. The average molecular weight is 470 g/mol. The summed E-state index contributed by atoms with van der Waals surface area (Å²) in [6.45, 7) is 3.28. The van der Waals surface area contributed by atoms with E-state index in [0.29, 0.717) is 43.3 Å². The van der Waals surface area contributed by atoms with Crippen molar-refractivity contribution in [2.24, 2.45) is 0 Å². The Hall–Kier alpha value is -1.84. The van der Waals surface area contributed by atoms with E-state index in [9.17, 15) is 13.2 Å². The first kappa shape index (κ1) is 21.4. The number of sulfonamides is 1. The topological polar surface area (TPSA) is 75.8 Å². The van der Waals surface area contributed by atoms with Crippen LogP contribution in [0, 0.1) is 0 Å². The van der Waals surface area contributed by atoms with E-state index in [0.717, 1.165) is 18.5 Å². The van der Waals surface area contributed by atoms with Crippen LogP contribution in [0.1, 0.15) is 6.42 Å². The van der Waals surface area contributed by atoms with E-state index in [-0.39, 0.29) is 15.7 Å². The minimum absolute atomic E-state index is 0.0383. The van der Waals surface area contributed by atoms with Gasteiger partial charge in [0.1, 0.15) is 4.90 Å². The number of oxazole rings is 1. The highest BCUT2D eigenvalue weighted by Gasteiger charge is 2.30. The predicted molar refractivity (Wildman–Crippen MR) is 117 cm³/mol. The van der Waals surface area contributed by atoms with Gasteiger partial charge in [-0.15, -0.1) is 0 Å². The molecule has 10 heteroatoms. The molecule has 0 aliphatic carbocycles. The van der Waals surface area contributed by atoms with Gasteiger partial charge in [0.15, 0.2) is 5.58 Å². The Labute approximate surface area is 184 Å². The predicted octanol–water partition coefficient (Wildman–Crippen LogP) is 3.30. The van der Waals surface area contributed by atoms with Crippen molar-refractivity contribution in [3.63, 3.8) is 0 Å². The van der Waals surface area contributed by atoms with Crippen LogP contribution in [0.5, 0.6) is 0 Å². The molecule has 1 aliphatic heterocycles. The molecule has 1 aliphatic rings. The Morgan fingerprint density at radius 3 is 2.47 bits per heavy atom. The monoisotopic (exact) mass is 469 g/mol. The van der Waals surface area contributed by atoms with Crippen LogP contribution in [-0.2, 0) is 16.6 Å². The standard InChI is InChI=1S/C20H21Cl2N3O4S/c21-15-6-7-16(22)19(14-15)30(27,28)24-12-10-23(11-13-24)8-3-9-25-17-4-1-2-5-18(17)29-20(25)26/h1-2,4-7,14H,3,8-13H2. The van der Waals surface area contributed by atoms with E-state index in [1.54, 1.807) is 16.7 Å². The number of rotatable bonds is 6. The van der Waals surface area contributed by atoms with Crippen molar-refractivity contribution in [1.29, 1.82) is 0 Å². The van der Waals surface area contributed by atoms with Gasteiger partial charge in [0.25, 0.3) is 0 Å². The van der Waals surface area contributed by atoms with Gasteiger partial charge < -0.3 is 9.32 Å². The van der Waals surface area contributed by atoms with Gasteiger partial charge in [-0.3, -0.25) is 4.57 Å². The van der Waals surface area contributed by atoms with Gasteiger partial charge in [-0.2, -0.15) is 4.31 Å². The molecular formula is C20H21Cl2N3O4S. The molecule has 4 rings (SSSR count). The summed E-state index contributed by atoms with van der Waals surface area (Å²) in [6.07, 6.45) is 0.760. The second kappa shape index (κ2) is 8.72. The highest BCUT2D eigenvalue weighted by Crippen LogP contribution is 2.28. The zero-order valence-corrected chi connectivity index (χ0v) is 18.5. The van der Waals surface area contributed by atoms with E-state index in [1.165, 1.54) is 16.4 Å². The molecule has 0 bridgehead atoms. The first-order valence-electron chi connectivity index (χ1n) is 9.62. The number of benzene rings is 2. The Bertz CT molecular complexity index is 1210. The van der Waals surface area contributed by atoms with Crippen molar-refractivity contribution in [1.82, 2.24) is 13.8 Å². The number of aromatic nitrogens is 1. The molecule has 0 amide bonds. The Balaban J connectivity index is 1.34. The SMILES string of the molecule is O=c1oc2ccccc2n1CCCN1CCN(S(=O)(=O)c2cc(Cl)ccc2Cl)CC1. The van der Waals surface area contributed by atoms with Crippen LogP contribution in [0.4, 0.5) is 0 Å². The number of aryl methyl sites for hydroxylation is 1. The summed E-state index contributed by atoms with van der Waals surface area (Å²) < 4.78 is 34.2. The Morgan fingerprint density at radius 1 is 0.967 bits per heavy atom. The normalized spacial score (nSPS) is 16.3. The lowest BCUT2D eigenvalue weighted by Crippen LogP contribution is -2.48. The minimum Gasteiger partial charge on any atom is -0.408 e. The molecule has 0 spiro atoms. The molecule has 1 aromatic heterocycles. The third-order valence-corrected chi connectivity index (χ3v) is 7.89. The molecule has 0 saturated carbocycles. The second-order valence-corrected chi connectivity index (χ2v) is 9.91. The van der Waals surface area contributed by atoms with E-state index in [1.807, 2.05) is 18.2 Å². The zero-order chi connectivity index (χ0) is 21.3. The highest BCUT2D eigenvalue weighted by atomic mass is 35.5. The Kier molecular flexibility index (Phi) is 6.22. The molecule has 1 saturated heterocycles. The highest BCUT2D eigenvalue weighted by molar-refractivity contribution is 7.89. The first-order chi connectivity index (χ1) is 14.4. The summed E-state index contributed by atoms with van der Waals surface area (Å²) in [5.41, 5.74) is 1.37. The van der Waals surface area contributed by atoms with Crippen LogP contribution in [0.2, 0.25) is 10.0 Å². The molecule has 2 aromatic carbocycles. The molecule has 0 atom stereocenters. The molecule has 3 aromatic rings. The fourth-order valence-corrected chi connectivity index (χ4v) is 5.84. The van der Waals surface area contributed by atoms with E-state index >= 15 is 0 Å². The third-order valence-electron chi connectivity index (χ3n) is 5.27. The maximum absolute atomic E-state index is 12.9. The molecule has 7 nitrogen and oxygen atoms in total. The summed E-state index contributed by atoms with van der Waals surface area (Å²) in [5, 5.41) is 0.498. The van der Waals surface area contributed by atoms with E-state index in [2.05, 4.69) is 4.90 Å². The third kappa shape index (κ3) is 4.29. The second-order valence-electron chi connectivity index (χ2n) is 7.16. The number of halogens is 2. The molecule has 2 heterocycles. The first-order valence-corrected chi connectivity index (χ1v) is 11.8. The average Bonchev–Trinajstić information content (AvgIpc) is 3.05. The summed E-state index contributed by atoms with van der Waals surface area (Å²) in [4.78, 5) is 14.3. The van der Waals surface area contributed by atoms with Gasteiger partial charge >= 0.3 is 5.76 Å². The number of fused-ring (bicyclic) bond motifs is 1. The zero-order valence-electron chi connectivity index (χ0n) is 16.1. The maximum Gasteiger partial charge on any atom is 0.419 e. The fraction of sp³-hybridized carbons (Fsp3) is 0.350. The van der Waals surface area contributed by atoms with E-state index < -0.39 is 10.0 Å². The van der Waals surface area contributed by atoms with Gasteiger partial charge in [-0.05, 0) is 43.3 Å². The van der Waals surface area contributed by atoms with Crippen molar-refractivity contribution in [2.75, 3.05) is 32.7 Å². The fourth-order valence-electron chi connectivity index (χ4n) is 3.69.